The summed E-state index contributed by atoms with van der Waals surface area (Å²) in [6, 6.07) is 13.6. The molecule has 2 heterocycles. The van der Waals surface area contributed by atoms with Crippen molar-refractivity contribution in [1.29, 1.82) is 0 Å². The first-order valence-corrected chi connectivity index (χ1v) is 24.0. The lowest BCUT2D eigenvalue weighted by molar-refractivity contribution is -0.163. The van der Waals surface area contributed by atoms with Crippen LogP contribution in [-0.4, -0.2) is 101 Å². The summed E-state index contributed by atoms with van der Waals surface area (Å²) in [5, 5.41) is 25.9. The molecular formula is C44H61N3O4Si. The second kappa shape index (κ2) is 13.3. The molecule has 4 saturated carbocycles. The van der Waals surface area contributed by atoms with E-state index in [1.165, 1.54) is 12.8 Å². The molecule has 8 rings (SSSR count). The van der Waals surface area contributed by atoms with Crippen LogP contribution in [0.2, 0.25) is 19.6 Å². The van der Waals surface area contributed by atoms with E-state index in [1.54, 1.807) is 0 Å². The highest BCUT2D eigenvalue weighted by molar-refractivity contribution is 6.83. The number of piperazine rings is 1. The molecule has 0 bridgehead atoms. The molecule has 6 fully saturated rings. The fourth-order valence-corrected chi connectivity index (χ4v) is 13.0. The maximum Gasteiger partial charge on any atom is 0.254 e. The summed E-state index contributed by atoms with van der Waals surface area (Å²) >= 11 is 0. The third kappa shape index (κ3) is 6.06. The van der Waals surface area contributed by atoms with Crippen LogP contribution < -0.4 is 0 Å². The minimum atomic E-state index is -1.59. The molecule has 7 nitrogen and oxygen atoms in total. The van der Waals surface area contributed by atoms with Crippen LogP contribution in [0.5, 0.6) is 0 Å². The van der Waals surface area contributed by atoms with Gasteiger partial charge in [0.2, 0.25) is 5.91 Å². The average molecular weight is 724 g/mol. The van der Waals surface area contributed by atoms with Crippen molar-refractivity contribution in [1.82, 2.24) is 14.7 Å². The van der Waals surface area contributed by atoms with Crippen molar-refractivity contribution in [3.8, 4) is 11.5 Å². The lowest BCUT2D eigenvalue weighted by Crippen LogP contribution is -2.63. The minimum Gasteiger partial charge on any atom is -0.391 e. The summed E-state index contributed by atoms with van der Waals surface area (Å²) in [6.07, 6.45) is 9.52. The van der Waals surface area contributed by atoms with Gasteiger partial charge in [0.15, 0.2) is 0 Å². The molecule has 8 heteroatoms. The fraction of sp³-hybridized carbons (Fsp3) is 0.682. The highest BCUT2D eigenvalue weighted by Crippen LogP contribution is 2.68. The monoisotopic (exact) mass is 723 g/mol. The zero-order chi connectivity index (χ0) is 36.6. The number of rotatable bonds is 3. The van der Waals surface area contributed by atoms with Crippen molar-refractivity contribution in [3.05, 3.63) is 48.0 Å². The average Bonchev–Trinajstić information content (AvgIpc) is 3.72. The van der Waals surface area contributed by atoms with Gasteiger partial charge in [0.1, 0.15) is 19.7 Å². The second-order valence-corrected chi connectivity index (χ2v) is 23.9. The molecule has 6 aliphatic rings. The van der Waals surface area contributed by atoms with Crippen molar-refractivity contribution in [2.45, 2.75) is 121 Å². The number of aliphatic hydroxyl groups is 2. The second-order valence-electron chi connectivity index (χ2n) is 19.2. The summed E-state index contributed by atoms with van der Waals surface area (Å²) in [6.45, 7) is 15.1. The fourth-order valence-electron chi connectivity index (χ4n) is 12.4. The zero-order valence-corrected chi connectivity index (χ0v) is 33.2. The number of likely N-dealkylation sites (tertiary alicyclic amines) is 1. The van der Waals surface area contributed by atoms with Crippen molar-refractivity contribution < 1.29 is 19.8 Å². The highest BCUT2D eigenvalue weighted by atomic mass is 28.3. The van der Waals surface area contributed by atoms with E-state index >= 15 is 0 Å². The lowest BCUT2D eigenvalue weighted by Gasteiger charge is -2.63. The number of benzene rings is 2. The van der Waals surface area contributed by atoms with Gasteiger partial charge in [0.25, 0.3) is 5.91 Å². The molecule has 0 radical (unpaired) electrons. The molecule has 0 spiro atoms. The molecular weight excluding hydrogens is 663 g/mol. The Kier molecular flexibility index (Phi) is 9.25. The number of amides is 2. The molecule has 0 unspecified atom stereocenters. The Hall–Kier alpha value is -2.70. The number of aliphatic hydroxyl groups excluding tert-OH is 1. The molecule has 4 aliphatic carbocycles. The van der Waals surface area contributed by atoms with E-state index < -0.39 is 19.7 Å². The van der Waals surface area contributed by atoms with E-state index in [4.69, 9.17) is 0 Å². The predicted octanol–water partition coefficient (Wildman–Crippen LogP) is 6.58. The number of hydrogen-bond acceptors (Lipinski definition) is 5. The summed E-state index contributed by atoms with van der Waals surface area (Å²) in [5.41, 5.74) is 3.34. The Balaban J connectivity index is 0.923. The maximum absolute atomic E-state index is 14.0. The van der Waals surface area contributed by atoms with Crippen molar-refractivity contribution >= 4 is 30.7 Å². The Bertz CT molecular complexity index is 1770. The molecule has 0 aromatic heterocycles. The van der Waals surface area contributed by atoms with E-state index in [9.17, 15) is 19.8 Å². The first-order chi connectivity index (χ1) is 24.7. The van der Waals surface area contributed by atoms with Crippen LogP contribution in [0.3, 0.4) is 0 Å². The number of nitrogens with zero attached hydrogens (tertiary/aromatic N) is 3. The molecule has 52 heavy (non-hydrogen) atoms. The van der Waals surface area contributed by atoms with Gasteiger partial charge in [0.05, 0.1) is 6.10 Å². The number of hydrogen-bond donors (Lipinski definition) is 2. The van der Waals surface area contributed by atoms with E-state index in [2.05, 4.69) is 55.9 Å². The number of carbonyl (C=O) groups excluding carboxylic acids is 2. The third-order valence-electron chi connectivity index (χ3n) is 15.4. The summed E-state index contributed by atoms with van der Waals surface area (Å²) < 4.78 is 0. The van der Waals surface area contributed by atoms with Crippen molar-refractivity contribution in [2.24, 2.45) is 34.5 Å². The van der Waals surface area contributed by atoms with Crippen LogP contribution in [-0.2, 0) is 4.79 Å². The first kappa shape index (κ1) is 36.3. The van der Waals surface area contributed by atoms with Crippen molar-refractivity contribution in [3.63, 3.8) is 0 Å². The third-order valence-corrected chi connectivity index (χ3v) is 16.2. The van der Waals surface area contributed by atoms with Crippen LogP contribution in [0.15, 0.2) is 42.5 Å². The Labute approximate surface area is 312 Å². The molecule has 10 atom stereocenters. The van der Waals surface area contributed by atoms with Gasteiger partial charge >= 0.3 is 0 Å². The maximum atomic E-state index is 14.0. The van der Waals surface area contributed by atoms with E-state index in [0.717, 1.165) is 68.8 Å². The zero-order valence-electron chi connectivity index (χ0n) is 32.2. The van der Waals surface area contributed by atoms with Gasteiger partial charge in [-0.25, -0.2) is 0 Å². The molecule has 2 saturated heterocycles. The summed E-state index contributed by atoms with van der Waals surface area (Å²) in [7, 11) is -1.59. The van der Waals surface area contributed by atoms with Gasteiger partial charge in [-0.3, -0.25) is 14.5 Å². The SMILES string of the molecule is C[C@]12C[C@H](N3CCN(C(=O)[C@@H]4CCCN4C(=O)c4ccc5ccccc5c4)CC3)[C@@H](O)C[C@@H]1CC[C@@H]1[C@@H]2CC[C@@]2(C)[C@H]1CC[C@@]2(O)C#C[Si](C)(C)C. The summed E-state index contributed by atoms with van der Waals surface area (Å²) in [5.74, 6) is 5.78. The van der Waals surface area contributed by atoms with Crippen LogP contribution in [0.25, 0.3) is 10.8 Å². The standard InChI is InChI=1S/C44H61N3O4Si/c1-42-29-38(39(48)28-33(42)14-15-34-35(42)16-18-43(2)36(34)17-19-44(43,51)20-26-52(3,4)5)45-22-24-46(25-23-45)41(50)37-11-8-21-47(37)40(49)32-13-12-30-9-6-7-10-31(30)27-32/h6-7,9-10,12-13,27,33-39,48,51H,8,11,14-19,21-25,28-29H2,1-5H3/t33-,34+,35-,36-,37-,38-,39-,42-,43-,44+/m0/s1. The van der Waals surface area contributed by atoms with E-state index in [0.29, 0.717) is 55.3 Å². The molecule has 2 aromatic carbocycles. The smallest absolute Gasteiger partial charge is 0.254 e. The first-order valence-electron chi connectivity index (χ1n) is 20.5. The predicted molar refractivity (Wildman–Crippen MR) is 209 cm³/mol. The summed E-state index contributed by atoms with van der Waals surface area (Å²) in [4.78, 5) is 34.0. The van der Waals surface area contributed by atoms with Gasteiger partial charge in [-0.1, -0.05) is 69.7 Å². The molecule has 2 N–H and O–H groups in total. The quantitative estimate of drug-likeness (QED) is 0.276. The van der Waals surface area contributed by atoms with Crippen LogP contribution in [0.1, 0.15) is 88.4 Å². The van der Waals surface area contributed by atoms with Crippen LogP contribution in [0.4, 0.5) is 0 Å². The normalized spacial score (nSPS) is 39.3. The number of fused-ring (bicyclic) bond motifs is 6. The van der Waals surface area contributed by atoms with Crippen LogP contribution >= 0.6 is 0 Å². The van der Waals surface area contributed by atoms with Crippen molar-refractivity contribution in [2.75, 3.05) is 32.7 Å². The molecule has 2 aromatic rings. The highest BCUT2D eigenvalue weighted by Gasteiger charge is 2.65. The largest absolute Gasteiger partial charge is 0.391 e. The van der Waals surface area contributed by atoms with Gasteiger partial charge < -0.3 is 20.0 Å². The van der Waals surface area contributed by atoms with Crippen LogP contribution in [0, 0.1) is 46.0 Å². The topological polar surface area (TPSA) is 84.3 Å². The molecule has 280 valence electrons. The number of carbonyl (C=O) groups is 2. The Morgan fingerprint density at radius 3 is 2.35 bits per heavy atom. The molecule has 2 aliphatic heterocycles. The Morgan fingerprint density at radius 1 is 0.865 bits per heavy atom. The Morgan fingerprint density at radius 2 is 1.60 bits per heavy atom. The lowest BCUT2D eigenvalue weighted by atomic mass is 9.44. The van der Waals surface area contributed by atoms with E-state index in [1.807, 2.05) is 46.2 Å². The molecule has 2 amide bonds. The van der Waals surface area contributed by atoms with E-state index in [-0.39, 0.29) is 34.8 Å². The minimum absolute atomic E-state index is 0.0519. The van der Waals surface area contributed by atoms with Gasteiger partial charge in [-0.2, -0.15) is 0 Å². The van der Waals surface area contributed by atoms with Gasteiger partial charge in [-0.05, 0) is 116 Å². The van der Waals surface area contributed by atoms with Gasteiger partial charge in [0, 0.05) is 49.7 Å². The van der Waals surface area contributed by atoms with Gasteiger partial charge in [-0.15, -0.1) is 5.54 Å².